The van der Waals surface area contributed by atoms with Gasteiger partial charge in [-0.15, -0.1) is 0 Å². The maximum atomic E-state index is 9.74. The summed E-state index contributed by atoms with van der Waals surface area (Å²) >= 11 is 0. The minimum absolute atomic E-state index is 0.000213. The second-order valence-corrected chi connectivity index (χ2v) is 7.10. The molecule has 1 aliphatic rings. The van der Waals surface area contributed by atoms with Crippen LogP contribution in [0.4, 0.5) is 0 Å². The molecule has 116 valence electrons. The number of rotatable bonds is 4. The number of benzene rings is 1. The summed E-state index contributed by atoms with van der Waals surface area (Å²) in [5.74, 6) is 1.18. The van der Waals surface area contributed by atoms with Gasteiger partial charge in [0.15, 0.2) is 0 Å². The van der Waals surface area contributed by atoms with Crippen LogP contribution in [0.3, 0.4) is 0 Å². The molecule has 1 heterocycles. The molecule has 3 heteroatoms. The second kappa shape index (κ2) is 5.72. The van der Waals surface area contributed by atoms with Gasteiger partial charge in [0.25, 0.3) is 0 Å². The standard InChI is InChI=1S/C18H26O3/c1-17(2,3)16-15(13-7-6-8-14(19)11-13)21-12-18(16,4)9-10-20-5/h6-8,11,19H,9-10,12H2,1-5H3. The molecule has 0 saturated carbocycles. The fourth-order valence-electron chi connectivity index (χ4n) is 3.30. The van der Waals surface area contributed by atoms with E-state index < -0.39 is 0 Å². The highest BCUT2D eigenvalue weighted by molar-refractivity contribution is 5.68. The monoisotopic (exact) mass is 290 g/mol. The molecule has 0 radical (unpaired) electrons. The van der Waals surface area contributed by atoms with E-state index in [1.54, 1.807) is 19.2 Å². The van der Waals surface area contributed by atoms with Gasteiger partial charge in [-0.25, -0.2) is 0 Å². The normalized spacial score (nSPS) is 22.5. The zero-order chi connectivity index (χ0) is 15.7. The van der Waals surface area contributed by atoms with Crippen molar-refractivity contribution in [3.05, 3.63) is 35.4 Å². The van der Waals surface area contributed by atoms with Crippen LogP contribution in [0, 0.1) is 10.8 Å². The molecular formula is C18H26O3. The van der Waals surface area contributed by atoms with E-state index in [-0.39, 0.29) is 16.6 Å². The summed E-state index contributed by atoms with van der Waals surface area (Å²) in [4.78, 5) is 0. The Morgan fingerprint density at radius 2 is 2.05 bits per heavy atom. The molecule has 2 rings (SSSR count). The molecule has 0 bridgehead atoms. The number of ether oxygens (including phenoxy) is 2. The topological polar surface area (TPSA) is 38.7 Å². The number of methoxy groups -OCH3 is 1. The lowest BCUT2D eigenvalue weighted by Crippen LogP contribution is -2.29. The van der Waals surface area contributed by atoms with Gasteiger partial charge in [-0.2, -0.15) is 0 Å². The molecule has 3 nitrogen and oxygen atoms in total. The third-order valence-electron chi connectivity index (χ3n) is 4.08. The van der Waals surface area contributed by atoms with Crippen LogP contribution in [0.25, 0.3) is 5.76 Å². The zero-order valence-corrected chi connectivity index (χ0v) is 13.7. The zero-order valence-electron chi connectivity index (χ0n) is 13.7. The largest absolute Gasteiger partial charge is 0.508 e. The lowest BCUT2D eigenvalue weighted by molar-refractivity contribution is 0.124. The van der Waals surface area contributed by atoms with Crippen molar-refractivity contribution in [2.75, 3.05) is 20.3 Å². The Kier molecular flexibility index (Phi) is 4.33. The molecule has 21 heavy (non-hydrogen) atoms. The van der Waals surface area contributed by atoms with Gasteiger partial charge in [0.05, 0.1) is 6.61 Å². The Balaban J connectivity index is 2.51. The molecule has 1 aliphatic heterocycles. The van der Waals surface area contributed by atoms with Crippen molar-refractivity contribution in [1.29, 1.82) is 0 Å². The van der Waals surface area contributed by atoms with Crippen molar-refractivity contribution in [3.63, 3.8) is 0 Å². The third-order valence-corrected chi connectivity index (χ3v) is 4.08. The van der Waals surface area contributed by atoms with Crippen LogP contribution in [-0.2, 0) is 9.47 Å². The predicted octanol–water partition coefficient (Wildman–Crippen LogP) is 4.22. The first kappa shape index (κ1) is 15.9. The van der Waals surface area contributed by atoms with Gasteiger partial charge in [-0.1, -0.05) is 39.8 Å². The molecule has 1 atom stereocenters. The van der Waals surface area contributed by atoms with Crippen molar-refractivity contribution in [3.8, 4) is 5.75 Å². The predicted molar refractivity (Wildman–Crippen MR) is 85.0 cm³/mol. The fourth-order valence-corrected chi connectivity index (χ4v) is 3.30. The highest BCUT2D eigenvalue weighted by atomic mass is 16.5. The van der Waals surface area contributed by atoms with Gasteiger partial charge in [0.1, 0.15) is 11.5 Å². The maximum Gasteiger partial charge on any atom is 0.127 e. The first-order chi connectivity index (χ1) is 9.78. The number of phenols is 1. The SMILES string of the molecule is COCCC1(C)COC(c2cccc(O)c2)=C1C(C)(C)C. The smallest absolute Gasteiger partial charge is 0.127 e. The lowest BCUT2D eigenvalue weighted by Gasteiger charge is -2.34. The molecule has 0 aromatic heterocycles. The summed E-state index contributed by atoms with van der Waals surface area (Å²) in [6.07, 6.45) is 0.929. The Bertz CT molecular complexity index is 540. The van der Waals surface area contributed by atoms with Crippen molar-refractivity contribution < 1.29 is 14.6 Å². The van der Waals surface area contributed by atoms with E-state index >= 15 is 0 Å². The molecule has 0 amide bonds. The number of hydrogen-bond acceptors (Lipinski definition) is 3. The summed E-state index contributed by atoms with van der Waals surface area (Å²) in [7, 11) is 1.73. The van der Waals surface area contributed by atoms with Gasteiger partial charge >= 0.3 is 0 Å². The second-order valence-electron chi connectivity index (χ2n) is 7.10. The lowest BCUT2D eigenvalue weighted by atomic mass is 9.69. The number of hydrogen-bond donors (Lipinski definition) is 1. The average molecular weight is 290 g/mol. The third kappa shape index (κ3) is 3.24. The van der Waals surface area contributed by atoms with Crippen LogP contribution < -0.4 is 0 Å². The van der Waals surface area contributed by atoms with Crippen LogP contribution in [0.2, 0.25) is 0 Å². The fraction of sp³-hybridized carbons (Fsp3) is 0.556. The van der Waals surface area contributed by atoms with E-state index in [9.17, 15) is 5.11 Å². The minimum atomic E-state index is -0.0327. The summed E-state index contributed by atoms with van der Waals surface area (Å²) in [5.41, 5.74) is 2.22. The van der Waals surface area contributed by atoms with Crippen molar-refractivity contribution in [2.24, 2.45) is 10.8 Å². The molecule has 0 saturated heterocycles. The molecule has 1 N–H and O–H groups in total. The van der Waals surface area contributed by atoms with Crippen molar-refractivity contribution in [1.82, 2.24) is 0 Å². The van der Waals surface area contributed by atoms with E-state index in [1.807, 2.05) is 12.1 Å². The van der Waals surface area contributed by atoms with E-state index in [0.717, 1.165) is 17.7 Å². The van der Waals surface area contributed by atoms with Gasteiger partial charge in [0, 0.05) is 24.7 Å². The first-order valence-corrected chi connectivity index (χ1v) is 7.44. The molecule has 0 aliphatic carbocycles. The molecule has 1 aromatic carbocycles. The highest BCUT2D eigenvalue weighted by Crippen LogP contribution is 2.51. The maximum absolute atomic E-state index is 9.74. The summed E-state index contributed by atoms with van der Waals surface area (Å²) < 4.78 is 11.3. The van der Waals surface area contributed by atoms with E-state index in [0.29, 0.717) is 13.2 Å². The molecule has 1 unspecified atom stereocenters. The van der Waals surface area contributed by atoms with Gasteiger partial charge in [-0.05, 0) is 29.5 Å². The van der Waals surface area contributed by atoms with Crippen LogP contribution in [0.5, 0.6) is 5.75 Å². The molecular weight excluding hydrogens is 264 g/mol. The average Bonchev–Trinajstić information content (AvgIpc) is 2.75. The molecule has 0 spiro atoms. The van der Waals surface area contributed by atoms with Crippen LogP contribution in [-0.4, -0.2) is 25.4 Å². The molecule has 1 aromatic rings. The van der Waals surface area contributed by atoms with E-state index in [2.05, 4.69) is 27.7 Å². The summed E-state index contributed by atoms with van der Waals surface area (Å²) in [6, 6.07) is 7.29. The van der Waals surface area contributed by atoms with Crippen molar-refractivity contribution in [2.45, 2.75) is 34.1 Å². The van der Waals surface area contributed by atoms with Gasteiger partial charge < -0.3 is 14.6 Å². The summed E-state index contributed by atoms with van der Waals surface area (Å²) in [6.45, 7) is 10.3. The number of aromatic hydroxyl groups is 1. The quantitative estimate of drug-likeness (QED) is 0.902. The molecule has 0 fully saturated rings. The Morgan fingerprint density at radius 1 is 1.33 bits per heavy atom. The Morgan fingerprint density at radius 3 is 2.62 bits per heavy atom. The van der Waals surface area contributed by atoms with Gasteiger partial charge in [-0.3, -0.25) is 0 Å². The number of phenolic OH excluding ortho intramolecular Hbond substituents is 1. The highest BCUT2D eigenvalue weighted by Gasteiger charge is 2.44. The summed E-state index contributed by atoms with van der Waals surface area (Å²) in [5, 5.41) is 9.74. The van der Waals surface area contributed by atoms with Crippen molar-refractivity contribution >= 4 is 5.76 Å². The van der Waals surface area contributed by atoms with Crippen LogP contribution in [0.1, 0.15) is 39.7 Å². The van der Waals surface area contributed by atoms with E-state index in [4.69, 9.17) is 9.47 Å². The first-order valence-electron chi connectivity index (χ1n) is 7.44. The minimum Gasteiger partial charge on any atom is -0.508 e. The van der Waals surface area contributed by atoms with Gasteiger partial charge in [0.2, 0.25) is 0 Å². The van der Waals surface area contributed by atoms with E-state index in [1.165, 1.54) is 5.57 Å². The van der Waals surface area contributed by atoms with Crippen LogP contribution >= 0.6 is 0 Å². The van der Waals surface area contributed by atoms with Crippen LogP contribution in [0.15, 0.2) is 29.8 Å². The Hall–Kier alpha value is -1.48. The Labute approximate surface area is 127 Å².